The molecule has 2 saturated carbocycles. The highest BCUT2D eigenvalue weighted by atomic mass is 16.4. The molecule has 0 heterocycles. The van der Waals surface area contributed by atoms with Gasteiger partial charge in [0.2, 0.25) is 0 Å². The molecule has 3 heteroatoms. The van der Waals surface area contributed by atoms with Crippen molar-refractivity contribution in [3.63, 3.8) is 0 Å². The molecule has 4 atom stereocenters. The predicted octanol–water partition coefficient (Wildman–Crippen LogP) is 0.834. The average molecular weight is 169 g/mol. The van der Waals surface area contributed by atoms with Crippen molar-refractivity contribution in [2.75, 3.05) is 0 Å². The van der Waals surface area contributed by atoms with Crippen LogP contribution in [0.25, 0.3) is 0 Å². The van der Waals surface area contributed by atoms with Gasteiger partial charge in [0.05, 0.1) is 0 Å². The molecule has 12 heavy (non-hydrogen) atoms. The number of hydrogen-bond donors (Lipinski definition) is 2. The van der Waals surface area contributed by atoms with E-state index >= 15 is 0 Å². The van der Waals surface area contributed by atoms with Gasteiger partial charge in [0.15, 0.2) is 0 Å². The van der Waals surface area contributed by atoms with Crippen LogP contribution in [0.2, 0.25) is 0 Å². The first kappa shape index (κ1) is 8.05. The molecule has 2 bridgehead atoms. The van der Waals surface area contributed by atoms with Crippen LogP contribution >= 0.6 is 0 Å². The van der Waals surface area contributed by atoms with Crippen LogP contribution in [0, 0.1) is 17.8 Å². The van der Waals surface area contributed by atoms with Gasteiger partial charge in [-0.1, -0.05) is 0 Å². The molecular weight excluding hydrogens is 154 g/mol. The summed E-state index contributed by atoms with van der Waals surface area (Å²) >= 11 is 0. The lowest BCUT2D eigenvalue weighted by Gasteiger charge is -2.23. The van der Waals surface area contributed by atoms with Crippen LogP contribution in [-0.2, 0) is 4.79 Å². The number of hydrogen-bond acceptors (Lipinski definition) is 2. The van der Waals surface area contributed by atoms with Crippen molar-refractivity contribution in [3.8, 4) is 0 Å². The number of nitrogens with two attached hydrogens (primary N) is 1. The molecule has 0 aromatic carbocycles. The zero-order valence-corrected chi connectivity index (χ0v) is 7.07. The number of fused-ring (bicyclic) bond motifs is 2. The van der Waals surface area contributed by atoms with Gasteiger partial charge in [0, 0.05) is 12.5 Å². The largest absolute Gasteiger partial charge is 0.481 e. The number of carbonyl (C=O) groups is 1. The topological polar surface area (TPSA) is 63.3 Å². The first-order chi connectivity index (χ1) is 5.66. The fraction of sp³-hybridized carbons (Fsp3) is 0.889. The number of carboxylic acids is 1. The van der Waals surface area contributed by atoms with Crippen LogP contribution in [0.1, 0.15) is 25.7 Å². The molecule has 2 fully saturated rings. The molecule has 0 saturated heterocycles. The van der Waals surface area contributed by atoms with Gasteiger partial charge in [-0.15, -0.1) is 0 Å². The second kappa shape index (κ2) is 2.73. The Morgan fingerprint density at radius 3 is 2.50 bits per heavy atom. The first-order valence-corrected chi connectivity index (χ1v) is 4.64. The lowest BCUT2D eigenvalue weighted by molar-refractivity contribution is -0.138. The molecule has 3 N–H and O–H groups in total. The maximum Gasteiger partial charge on any atom is 0.303 e. The number of rotatable bonds is 2. The van der Waals surface area contributed by atoms with Crippen LogP contribution in [0.4, 0.5) is 0 Å². The Bertz CT molecular complexity index is 203. The summed E-state index contributed by atoms with van der Waals surface area (Å²) in [6.07, 6.45) is 3.65. The lowest BCUT2D eigenvalue weighted by atomic mass is 9.84. The Morgan fingerprint density at radius 2 is 2.08 bits per heavy atom. The van der Waals surface area contributed by atoms with Crippen molar-refractivity contribution in [2.24, 2.45) is 23.5 Å². The second-order valence-electron chi connectivity index (χ2n) is 4.25. The van der Waals surface area contributed by atoms with Gasteiger partial charge in [-0.2, -0.15) is 0 Å². The highest BCUT2D eigenvalue weighted by molar-refractivity contribution is 5.67. The maximum atomic E-state index is 10.5. The monoisotopic (exact) mass is 169 g/mol. The summed E-state index contributed by atoms with van der Waals surface area (Å²) in [5.41, 5.74) is 5.87. The van der Waals surface area contributed by atoms with Gasteiger partial charge < -0.3 is 10.8 Å². The molecule has 0 aliphatic heterocycles. The van der Waals surface area contributed by atoms with Crippen LogP contribution in [0.5, 0.6) is 0 Å². The van der Waals surface area contributed by atoms with Crippen LogP contribution in [0.3, 0.4) is 0 Å². The minimum absolute atomic E-state index is 0.355. The molecule has 0 amide bonds. The van der Waals surface area contributed by atoms with E-state index in [0.29, 0.717) is 30.2 Å². The third kappa shape index (κ3) is 1.22. The van der Waals surface area contributed by atoms with E-state index in [1.54, 1.807) is 0 Å². The van der Waals surface area contributed by atoms with Gasteiger partial charge in [-0.05, 0) is 37.0 Å². The predicted molar refractivity (Wildman–Crippen MR) is 44.5 cm³/mol. The average Bonchev–Trinajstić information content (AvgIpc) is 2.44. The first-order valence-electron chi connectivity index (χ1n) is 4.64. The van der Waals surface area contributed by atoms with E-state index in [4.69, 9.17) is 10.8 Å². The van der Waals surface area contributed by atoms with Crippen molar-refractivity contribution in [2.45, 2.75) is 31.7 Å². The zero-order valence-electron chi connectivity index (χ0n) is 7.07. The Morgan fingerprint density at radius 1 is 1.33 bits per heavy atom. The van der Waals surface area contributed by atoms with E-state index in [0.717, 1.165) is 12.8 Å². The van der Waals surface area contributed by atoms with E-state index in [2.05, 4.69) is 0 Å². The Labute approximate surface area is 71.9 Å². The van der Waals surface area contributed by atoms with Gasteiger partial charge in [-0.3, -0.25) is 4.79 Å². The van der Waals surface area contributed by atoms with Crippen molar-refractivity contribution in [3.05, 3.63) is 0 Å². The van der Waals surface area contributed by atoms with Crippen molar-refractivity contribution in [1.82, 2.24) is 0 Å². The highest BCUT2D eigenvalue weighted by Crippen LogP contribution is 2.48. The van der Waals surface area contributed by atoms with E-state index in [1.165, 1.54) is 6.42 Å². The van der Waals surface area contributed by atoms with Crippen LogP contribution in [-0.4, -0.2) is 17.1 Å². The van der Waals surface area contributed by atoms with E-state index in [9.17, 15) is 4.79 Å². The van der Waals surface area contributed by atoms with Crippen molar-refractivity contribution in [1.29, 1.82) is 0 Å². The molecule has 2 rings (SSSR count). The van der Waals surface area contributed by atoms with Gasteiger partial charge >= 0.3 is 5.97 Å². The molecule has 2 aliphatic carbocycles. The fourth-order valence-corrected chi connectivity index (χ4v) is 2.91. The Balaban J connectivity index is 1.94. The Hall–Kier alpha value is -0.570. The molecule has 2 aliphatic rings. The third-order valence-corrected chi connectivity index (χ3v) is 3.49. The molecule has 0 aromatic rings. The van der Waals surface area contributed by atoms with Gasteiger partial charge in [0.1, 0.15) is 0 Å². The fourth-order valence-electron chi connectivity index (χ4n) is 2.91. The summed E-state index contributed by atoms with van der Waals surface area (Å²) in [5, 5.41) is 8.64. The summed E-state index contributed by atoms with van der Waals surface area (Å²) in [7, 11) is 0. The van der Waals surface area contributed by atoms with Crippen molar-refractivity contribution >= 4 is 5.97 Å². The summed E-state index contributed by atoms with van der Waals surface area (Å²) in [4.78, 5) is 10.5. The quantitative estimate of drug-likeness (QED) is 0.643. The highest BCUT2D eigenvalue weighted by Gasteiger charge is 2.44. The smallest absolute Gasteiger partial charge is 0.303 e. The molecule has 3 nitrogen and oxygen atoms in total. The van der Waals surface area contributed by atoms with E-state index in [1.807, 2.05) is 0 Å². The second-order valence-corrected chi connectivity index (χ2v) is 4.25. The zero-order chi connectivity index (χ0) is 8.72. The van der Waals surface area contributed by atoms with Gasteiger partial charge in [0.25, 0.3) is 0 Å². The lowest BCUT2D eigenvalue weighted by Crippen LogP contribution is -2.30. The molecule has 4 unspecified atom stereocenters. The molecule has 68 valence electrons. The summed E-state index contributed by atoms with van der Waals surface area (Å²) < 4.78 is 0. The maximum absolute atomic E-state index is 10.5. The Kier molecular flexibility index (Phi) is 1.83. The minimum atomic E-state index is -0.652. The number of aliphatic carboxylic acids is 1. The van der Waals surface area contributed by atoms with Crippen LogP contribution < -0.4 is 5.73 Å². The molecule has 0 radical (unpaired) electrons. The molecule has 0 aromatic heterocycles. The minimum Gasteiger partial charge on any atom is -0.481 e. The number of carboxylic acid groups (broad SMARTS) is 1. The normalized spacial score (nSPS) is 45.1. The summed E-state index contributed by atoms with van der Waals surface area (Å²) in [5.74, 6) is 1.01. The molecule has 0 spiro atoms. The standard InChI is InChI=1S/C9H15NO2/c10-8-3-5-1-7(8)2-6(5)4-9(11)12/h5-8H,1-4,10H2,(H,11,12). The summed E-state index contributed by atoms with van der Waals surface area (Å²) in [6.45, 7) is 0. The van der Waals surface area contributed by atoms with Crippen LogP contribution in [0.15, 0.2) is 0 Å². The van der Waals surface area contributed by atoms with Crippen molar-refractivity contribution < 1.29 is 9.90 Å². The van der Waals surface area contributed by atoms with Gasteiger partial charge in [-0.25, -0.2) is 0 Å². The molecular formula is C9H15NO2. The summed E-state index contributed by atoms with van der Waals surface area (Å²) in [6, 6.07) is 0.361. The van der Waals surface area contributed by atoms with E-state index in [-0.39, 0.29) is 0 Å². The third-order valence-electron chi connectivity index (χ3n) is 3.49. The SMILES string of the molecule is NC1CC2CC1CC2CC(=O)O. The van der Waals surface area contributed by atoms with E-state index < -0.39 is 5.97 Å².